The summed E-state index contributed by atoms with van der Waals surface area (Å²) in [6.07, 6.45) is 3.19. The SMILES string of the molecule is Cc1cc(C(=O)c2ccc[nH]2)co1. The van der Waals surface area contributed by atoms with Crippen molar-refractivity contribution >= 4 is 5.78 Å². The van der Waals surface area contributed by atoms with Crippen LogP contribution in [0.5, 0.6) is 0 Å². The first kappa shape index (κ1) is 7.86. The van der Waals surface area contributed by atoms with Crippen LogP contribution in [0, 0.1) is 6.92 Å². The van der Waals surface area contributed by atoms with Crippen LogP contribution in [0.1, 0.15) is 21.8 Å². The molecular weight excluding hydrogens is 166 g/mol. The van der Waals surface area contributed by atoms with Crippen LogP contribution in [0.3, 0.4) is 0 Å². The van der Waals surface area contributed by atoms with Gasteiger partial charge in [-0.2, -0.15) is 0 Å². The van der Waals surface area contributed by atoms with Crippen molar-refractivity contribution in [3.8, 4) is 0 Å². The van der Waals surface area contributed by atoms with Gasteiger partial charge >= 0.3 is 0 Å². The van der Waals surface area contributed by atoms with E-state index in [9.17, 15) is 4.79 Å². The van der Waals surface area contributed by atoms with E-state index in [-0.39, 0.29) is 5.78 Å². The molecule has 0 radical (unpaired) electrons. The van der Waals surface area contributed by atoms with Gasteiger partial charge in [-0.3, -0.25) is 4.79 Å². The number of carbonyl (C=O) groups excluding carboxylic acids is 1. The van der Waals surface area contributed by atoms with Crippen LogP contribution in [0.2, 0.25) is 0 Å². The highest BCUT2D eigenvalue weighted by atomic mass is 16.3. The predicted molar refractivity (Wildman–Crippen MR) is 47.7 cm³/mol. The summed E-state index contributed by atoms with van der Waals surface area (Å²) in [5, 5.41) is 0. The zero-order chi connectivity index (χ0) is 9.26. The van der Waals surface area contributed by atoms with Crippen LogP contribution in [0.15, 0.2) is 35.1 Å². The number of H-pyrrole nitrogens is 1. The second kappa shape index (κ2) is 2.94. The molecule has 3 nitrogen and oxygen atoms in total. The minimum Gasteiger partial charge on any atom is -0.469 e. The summed E-state index contributed by atoms with van der Waals surface area (Å²) in [6, 6.07) is 5.26. The number of nitrogens with one attached hydrogen (secondary N) is 1. The molecule has 3 heteroatoms. The Morgan fingerprint density at radius 3 is 2.92 bits per heavy atom. The van der Waals surface area contributed by atoms with Crippen molar-refractivity contribution in [2.75, 3.05) is 0 Å². The van der Waals surface area contributed by atoms with Crippen molar-refractivity contribution in [3.63, 3.8) is 0 Å². The van der Waals surface area contributed by atoms with Crippen molar-refractivity contribution in [1.29, 1.82) is 0 Å². The maximum Gasteiger partial charge on any atom is 0.212 e. The highest BCUT2D eigenvalue weighted by molar-refractivity contribution is 6.07. The number of rotatable bonds is 2. The van der Waals surface area contributed by atoms with E-state index in [0.29, 0.717) is 11.3 Å². The van der Waals surface area contributed by atoms with Gasteiger partial charge in [-0.1, -0.05) is 0 Å². The van der Waals surface area contributed by atoms with E-state index >= 15 is 0 Å². The Labute approximate surface area is 75.4 Å². The number of aromatic nitrogens is 1. The molecular formula is C10H9NO2. The standard InChI is InChI=1S/C10H9NO2/c1-7-5-8(6-13-7)10(12)9-3-2-4-11-9/h2-6,11H,1H3. The molecule has 0 bridgehead atoms. The molecule has 0 unspecified atom stereocenters. The largest absolute Gasteiger partial charge is 0.469 e. The average Bonchev–Trinajstić information content (AvgIpc) is 2.72. The molecule has 66 valence electrons. The van der Waals surface area contributed by atoms with E-state index in [1.165, 1.54) is 6.26 Å². The lowest BCUT2D eigenvalue weighted by Gasteiger charge is -1.90. The van der Waals surface area contributed by atoms with E-state index in [2.05, 4.69) is 4.98 Å². The van der Waals surface area contributed by atoms with Gasteiger partial charge in [-0.05, 0) is 25.1 Å². The van der Waals surface area contributed by atoms with E-state index in [1.54, 1.807) is 24.4 Å². The van der Waals surface area contributed by atoms with Gasteiger partial charge in [0.05, 0.1) is 11.3 Å². The molecule has 0 aliphatic rings. The molecule has 13 heavy (non-hydrogen) atoms. The Hall–Kier alpha value is -1.77. The smallest absolute Gasteiger partial charge is 0.212 e. The van der Waals surface area contributed by atoms with Crippen molar-refractivity contribution in [2.45, 2.75) is 6.92 Å². The van der Waals surface area contributed by atoms with Crippen LogP contribution in [-0.4, -0.2) is 10.8 Å². The fourth-order valence-corrected chi connectivity index (χ4v) is 1.19. The molecule has 2 rings (SSSR count). The third-order valence-corrected chi connectivity index (χ3v) is 1.84. The third-order valence-electron chi connectivity index (χ3n) is 1.84. The van der Waals surface area contributed by atoms with Crippen LogP contribution in [-0.2, 0) is 0 Å². The molecule has 0 aromatic carbocycles. The molecule has 0 spiro atoms. The van der Waals surface area contributed by atoms with E-state index in [0.717, 1.165) is 5.76 Å². The molecule has 2 aromatic heterocycles. The number of carbonyl (C=O) groups is 1. The number of hydrogen-bond donors (Lipinski definition) is 1. The van der Waals surface area contributed by atoms with Gasteiger partial charge in [0.1, 0.15) is 12.0 Å². The van der Waals surface area contributed by atoms with Crippen LogP contribution >= 0.6 is 0 Å². The summed E-state index contributed by atoms with van der Waals surface area (Å²) in [5.41, 5.74) is 1.17. The number of hydrogen-bond acceptors (Lipinski definition) is 2. The molecule has 0 saturated carbocycles. The van der Waals surface area contributed by atoms with Crippen LogP contribution < -0.4 is 0 Å². The molecule has 0 aliphatic carbocycles. The Morgan fingerprint density at radius 1 is 1.54 bits per heavy atom. The zero-order valence-corrected chi connectivity index (χ0v) is 7.20. The molecule has 2 heterocycles. The average molecular weight is 175 g/mol. The molecule has 0 saturated heterocycles. The Morgan fingerprint density at radius 2 is 2.38 bits per heavy atom. The van der Waals surface area contributed by atoms with Crippen LogP contribution in [0.25, 0.3) is 0 Å². The Bertz CT molecular complexity index is 412. The fourth-order valence-electron chi connectivity index (χ4n) is 1.19. The van der Waals surface area contributed by atoms with E-state index in [1.807, 2.05) is 6.92 Å². The quantitative estimate of drug-likeness (QED) is 0.711. The van der Waals surface area contributed by atoms with Gasteiger partial charge in [0.25, 0.3) is 0 Å². The topological polar surface area (TPSA) is 46.0 Å². The normalized spacial score (nSPS) is 10.2. The van der Waals surface area contributed by atoms with Gasteiger partial charge < -0.3 is 9.40 Å². The minimum atomic E-state index is -0.0400. The Balaban J connectivity index is 2.33. The van der Waals surface area contributed by atoms with Gasteiger partial charge in [0.15, 0.2) is 0 Å². The van der Waals surface area contributed by atoms with Crippen molar-refractivity contribution in [2.24, 2.45) is 0 Å². The summed E-state index contributed by atoms with van der Waals surface area (Å²) in [6.45, 7) is 1.81. The van der Waals surface area contributed by atoms with E-state index in [4.69, 9.17) is 4.42 Å². The minimum absolute atomic E-state index is 0.0400. The van der Waals surface area contributed by atoms with Gasteiger partial charge in [-0.25, -0.2) is 0 Å². The third kappa shape index (κ3) is 1.40. The summed E-state index contributed by atoms with van der Waals surface area (Å²) in [4.78, 5) is 14.5. The van der Waals surface area contributed by atoms with Crippen molar-refractivity contribution < 1.29 is 9.21 Å². The maximum absolute atomic E-state index is 11.6. The molecule has 0 atom stereocenters. The lowest BCUT2D eigenvalue weighted by atomic mass is 10.1. The predicted octanol–water partition coefficient (Wildman–Crippen LogP) is 2.15. The Kier molecular flexibility index (Phi) is 1.77. The fraction of sp³-hybridized carbons (Fsp3) is 0.100. The molecule has 0 aliphatic heterocycles. The highest BCUT2D eigenvalue weighted by Crippen LogP contribution is 2.11. The first-order valence-corrected chi connectivity index (χ1v) is 4.00. The molecule has 1 N–H and O–H groups in total. The number of furan rings is 1. The number of aromatic amines is 1. The molecule has 0 fully saturated rings. The first-order valence-electron chi connectivity index (χ1n) is 4.00. The highest BCUT2D eigenvalue weighted by Gasteiger charge is 2.11. The van der Waals surface area contributed by atoms with Crippen molar-refractivity contribution in [3.05, 3.63) is 47.7 Å². The lowest BCUT2D eigenvalue weighted by molar-refractivity contribution is 0.103. The zero-order valence-electron chi connectivity index (χ0n) is 7.20. The maximum atomic E-state index is 11.6. The first-order chi connectivity index (χ1) is 6.27. The number of aryl methyl sites for hydroxylation is 1. The summed E-state index contributed by atoms with van der Waals surface area (Å²) in [7, 11) is 0. The number of ketones is 1. The van der Waals surface area contributed by atoms with Crippen molar-refractivity contribution in [1.82, 2.24) is 4.98 Å². The lowest BCUT2D eigenvalue weighted by Crippen LogP contribution is -1.99. The molecule has 0 amide bonds. The summed E-state index contributed by atoms with van der Waals surface area (Å²) in [5.74, 6) is 0.705. The summed E-state index contributed by atoms with van der Waals surface area (Å²) < 4.78 is 5.05. The summed E-state index contributed by atoms with van der Waals surface area (Å²) >= 11 is 0. The molecule has 2 aromatic rings. The van der Waals surface area contributed by atoms with Gasteiger partial charge in [0, 0.05) is 6.20 Å². The second-order valence-electron chi connectivity index (χ2n) is 2.86. The second-order valence-corrected chi connectivity index (χ2v) is 2.86. The monoisotopic (exact) mass is 175 g/mol. The van der Waals surface area contributed by atoms with Gasteiger partial charge in [0.2, 0.25) is 5.78 Å². The van der Waals surface area contributed by atoms with E-state index < -0.39 is 0 Å². The van der Waals surface area contributed by atoms with Gasteiger partial charge in [-0.15, -0.1) is 0 Å². The van der Waals surface area contributed by atoms with Crippen LogP contribution in [0.4, 0.5) is 0 Å².